The normalized spacial score (nSPS) is 11.8. The van der Waals surface area contributed by atoms with Crippen LogP contribution >= 0.6 is 11.6 Å². The molecule has 0 fully saturated rings. The molecule has 0 unspecified atom stereocenters. The fourth-order valence-corrected chi connectivity index (χ4v) is 2.78. The minimum absolute atomic E-state index is 0.135. The maximum Gasteiger partial charge on any atom is 0.573 e. The van der Waals surface area contributed by atoms with Crippen molar-refractivity contribution in [3.8, 4) is 22.8 Å². The van der Waals surface area contributed by atoms with Crippen molar-refractivity contribution in [1.82, 2.24) is 9.97 Å². The first-order valence-electron chi connectivity index (χ1n) is 8.67. The Morgan fingerprint density at radius 2 is 1.59 bits per heavy atom. The Labute approximate surface area is 182 Å². The average Bonchev–Trinajstić information content (AvgIpc) is 2.68. The summed E-state index contributed by atoms with van der Waals surface area (Å²) in [6.07, 6.45) is -9.75. The largest absolute Gasteiger partial charge is 0.573 e. The van der Waals surface area contributed by atoms with Gasteiger partial charge >= 0.3 is 12.7 Å². The van der Waals surface area contributed by atoms with Crippen LogP contribution in [0.1, 0.15) is 0 Å². The van der Waals surface area contributed by atoms with Crippen LogP contribution in [0.3, 0.4) is 0 Å². The van der Waals surface area contributed by atoms with Crippen LogP contribution in [0.15, 0.2) is 48.5 Å². The third-order valence-electron chi connectivity index (χ3n) is 3.74. The summed E-state index contributed by atoms with van der Waals surface area (Å²) in [5.74, 6) is -0.677. The van der Waals surface area contributed by atoms with Gasteiger partial charge in [-0.25, -0.2) is 4.98 Å². The minimum Gasteiger partial charge on any atom is -0.406 e. The van der Waals surface area contributed by atoms with Crippen LogP contribution < -0.4 is 20.1 Å². The first-order valence-corrected chi connectivity index (χ1v) is 9.05. The topological polar surface area (TPSA) is 68.3 Å². The molecule has 0 aliphatic heterocycles. The Kier molecular flexibility index (Phi) is 6.53. The van der Waals surface area contributed by atoms with Gasteiger partial charge in [0.1, 0.15) is 17.3 Å². The molecule has 0 saturated carbocycles. The van der Waals surface area contributed by atoms with Crippen molar-refractivity contribution >= 4 is 29.1 Å². The van der Waals surface area contributed by atoms with Gasteiger partial charge in [0.2, 0.25) is 5.95 Å². The fraction of sp³-hybridized carbons (Fsp3) is 0.158. The smallest absolute Gasteiger partial charge is 0.406 e. The van der Waals surface area contributed by atoms with Crippen LogP contribution in [-0.2, 0) is 0 Å². The average molecular weight is 479 g/mol. The van der Waals surface area contributed by atoms with Crippen molar-refractivity contribution in [2.75, 3.05) is 17.7 Å². The van der Waals surface area contributed by atoms with Crippen molar-refractivity contribution in [2.45, 2.75) is 12.7 Å². The van der Waals surface area contributed by atoms with E-state index in [1.54, 1.807) is 0 Å². The molecule has 0 spiro atoms. The van der Waals surface area contributed by atoms with Gasteiger partial charge < -0.3 is 20.1 Å². The third-order valence-corrected chi connectivity index (χ3v) is 4.04. The highest BCUT2D eigenvalue weighted by molar-refractivity contribution is 6.32. The SMILES string of the molecule is CNc1nc(Nc2ccc(OC(F)(F)F)c(Cl)c2)cc(-c2cccc(OC(F)(F)F)c2)n1. The van der Waals surface area contributed by atoms with Crippen molar-refractivity contribution in [2.24, 2.45) is 0 Å². The zero-order valence-corrected chi connectivity index (χ0v) is 16.7. The van der Waals surface area contributed by atoms with Crippen molar-refractivity contribution in [3.63, 3.8) is 0 Å². The summed E-state index contributed by atoms with van der Waals surface area (Å²) in [7, 11) is 1.53. The van der Waals surface area contributed by atoms with E-state index >= 15 is 0 Å². The summed E-state index contributed by atoms with van der Waals surface area (Å²) in [6.45, 7) is 0. The van der Waals surface area contributed by atoms with Crippen molar-refractivity contribution in [3.05, 3.63) is 53.6 Å². The Bertz CT molecular complexity index is 1110. The van der Waals surface area contributed by atoms with Crippen LogP contribution in [0.4, 0.5) is 43.8 Å². The molecule has 1 aromatic heterocycles. The lowest BCUT2D eigenvalue weighted by molar-refractivity contribution is -0.275. The van der Waals surface area contributed by atoms with Crippen molar-refractivity contribution in [1.29, 1.82) is 0 Å². The zero-order chi connectivity index (χ0) is 23.5. The molecule has 0 saturated heterocycles. The standard InChI is InChI=1S/C19H13ClF6N4O2/c1-27-17-29-14(10-3-2-4-12(7-10)31-18(21,22)23)9-16(30-17)28-11-5-6-15(13(20)8-11)32-19(24,25)26/h2-9H,1H3,(H2,27,28,29,30). The summed E-state index contributed by atoms with van der Waals surface area (Å²) in [4.78, 5) is 8.37. The van der Waals surface area contributed by atoms with Crippen LogP contribution in [0.2, 0.25) is 5.02 Å². The highest BCUT2D eigenvalue weighted by Crippen LogP contribution is 2.34. The quantitative estimate of drug-likeness (QED) is 0.401. The van der Waals surface area contributed by atoms with E-state index in [1.807, 2.05) is 0 Å². The van der Waals surface area contributed by atoms with Gasteiger partial charge in [0, 0.05) is 24.4 Å². The number of nitrogens with one attached hydrogen (secondary N) is 2. The molecule has 2 aromatic carbocycles. The summed E-state index contributed by atoms with van der Waals surface area (Å²) in [5.41, 5.74) is 0.841. The van der Waals surface area contributed by atoms with Crippen LogP contribution in [0.5, 0.6) is 11.5 Å². The van der Waals surface area contributed by atoms with Gasteiger partial charge in [0.25, 0.3) is 0 Å². The Balaban J connectivity index is 1.89. The van der Waals surface area contributed by atoms with Crippen LogP contribution in [-0.4, -0.2) is 29.7 Å². The molecule has 0 atom stereocenters. The van der Waals surface area contributed by atoms with E-state index in [0.29, 0.717) is 5.56 Å². The number of rotatable bonds is 6. The number of ether oxygens (including phenoxy) is 2. The predicted octanol–water partition coefficient (Wildman–Crippen LogP) is 6.38. The molecule has 170 valence electrons. The number of halogens is 7. The van der Waals surface area contributed by atoms with Crippen LogP contribution in [0.25, 0.3) is 11.3 Å². The molecule has 2 N–H and O–H groups in total. The van der Waals surface area contributed by atoms with E-state index in [4.69, 9.17) is 11.6 Å². The van der Waals surface area contributed by atoms with Gasteiger partial charge in [0.15, 0.2) is 0 Å². The first kappa shape index (κ1) is 23.3. The number of benzene rings is 2. The van der Waals surface area contributed by atoms with E-state index in [1.165, 1.54) is 37.4 Å². The monoisotopic (exact) mass is 478 g/mol. The third kappa shape index (κ3) is 6.54. The molecular formula is C19H13ClF6N4O2. The Morgan fingerprint density at radius 1 is 0.875 bits per heavy atom. The highest BCUT2D eigenvalue weighted by Gasteiger charge is 2.32. The van der Waals surface area contributed by atoms with E-state index in [-0.39, 0.29) is 28.2 Å². The molecule has 0 bridgehead atoms. The fourth-order valence-electron chi connectivity index (χ4n) is 2.56. The second kappa shape index (κ2) is 8.99. The zero-order valence-electron chi connectivity index (χ0n) is 16.0. The molecule has 1 heterocycles. The number of hydrogen-bond acceptors (Lipinski definition) is 6. The summed E-state index contributed by atoms with van der Waals surface area (Å²) in [5, 5.41) is 5.27. The van der Waals surface area contributed by atoms with E-state index in [9.17, 15) is 26.3 Å². The maximum atomic E-state index is 12.5. The second-order valence-electron chi connectivity index (χ2n) is 6.11. The van der Waals surface area contributed by atoms with Gasteiger partial charge in [-0.15, -0.1) is 26.3 Å². The molecule has 0 aliphatic rings. The Morgan fingerprint density at radius 3 is 2.22 bits per heavy atom. The van der Waals surface area contributed by atoms with E-state index in [2.05, 4.69) is 30.1 Å². The summed E-state index contributed by atoms with van der Waals surface area (Å²) >= 11 is 5.84. The minimum atomic E-state index is -4.90. The van der Waals surface area contributed by atoms with Gasteiger partial charge in [-0.05, 0) is 30.3 Å². The molecule has 13 heteroatoms. The molecule has 0 radical (unpaired) electrons. The second-order valence-corrected chi connectivity index (χ2v) is 6.51. The van der Waals surface area contributed by atoms with Gasteiger partial charge in [0.05, 0.1) is 10.7 Å². The number of nitrogens with zero attached hydrogens (tertiary/aromatic N) is 2. The van der Waals surface area contributed by atoms with E-state index < -0.39 is 24.2 Å². The van der Waals surface area contributed by atoms with Gasteiger partial charge in [-0.2, -0.15) is 4.98 Å². The molecule has 3 aromatic rings. The van der Waals surface area contributed by atoms with Gasteiger partial charge in [-0.3, -0.25) is 0 Å². The highest BCUT2D eigenvalue weighted by atomic mass is 35.5. The van der Waals surface area contributed by atoms with Crippen LogP contribution in [0, 0.1) is 0 Å². The molecule has 3 rings (SSSR count). The Hall–Kier alpha value is -3.41. The molecule has 0 amide bonds. The molecule has 0 aliphatic carbocycles. The van der Waals surface area contributed by atoms with Crippen molar-refractivity contribution < 1.29 is 35.8 Å². The molecule has 32 heavy (non-hydrogen) atoms. The molecule has 6 nitrogen and oxygen atoms in total. The predicted molar refractivity (Wildman–Crippen MR) is 105 cm³/mol. The first-order chi connectivity index (χ1) is 14.9. The lowest BCUT2D eigenvalue weighted by Gasteiger charge is -2.13. The number of alkyl halides is 6. The van der Waals surface area contributed by atoms with E-state index in [0.717, 1.165) is 18.2 Å². The number of hydrogen-bond donors (Lipinski definition) is 2. The lowest BCUT2D eigenvalue weighted by Crippen LogP contribution is -2.17. The number of anilines is 3. The summed E-state index contributed by atoms with van der Waals surface area (Å²) < 4.78 is 82.4. The molecular weight excluding hydrogens is 466 g/mol. The lowest BCUT2D eigenvalue weighted by atomic mass is 10.1. The summed E-state index contributed by atoms with van der Waals surface area (Å²) in [6, 6.07) is 10.1. The maximum absolute atomic E-state index is 12.5. The van der Waals surface area contributed by atoms with Gasteiger partial charge in [-0.1, -0.05) is 23.7 Å². The number of aromatic nitrogens is 2.